The number of para-hydroxylation sites is 1. The molecule has 1 aromatic rings. The number of ether oxygens (including phenoxy) is 1. The predicted molar refractivity (Wildman–Crippen MR) is 48.6 cm³/mol. The van der Waals surface area contributed by atoms with Crippen molar-refractivity contribution in [3.8, 4) is 5.75 Å². The van der Waals surface area contributed by atoms with Crippen molar-refractivity contribution in [3.05, 3.63) is 29.8 Å². The van der Waals surface area contributed by atoms with Gasteiger partial charge in [-0.2, -0.15) is 13.2 Å². The smallest absolute Gasteiger partial charge is 0.419 e. The van der Waals surface area contributed by atoms with Gasteiger partial charge in [0.2, 0.25) is 0 Å². The summed E-state index contributed by atoms with van der Waals surface area (Å²) in [6.45, 7) is -0.0300. The van der Waals surface area contributed by atoms with E-state index in [1.54, 1.807) is 0 Å². The van der Waals surface area contributed by atoms with Crippen LogP contribution < -0.4 is 4.74 Å². The highest BCUT2D eigenvalue weighted by Crippen LogP contribution is 2.35. The number of aliphatic hydroxyl groups is 1. The topological polar surface area (TPSA) is 29.5 Å². The fraction of sp³-hybridized carbons (Fsp3) is 0.400. The van der Waals surface area contributed by atoms with Gasteiger partial charge in [0.15, 0.2) is 0 Å². The summed E-state index contributed by atoms with van der Waals surface area (Å²) < 4.78 is 42.2. The lowest BCUT2D eigenvalue weighted by Crippen LogP contribution is -2.09. The molecule has 15 heavy (non-hydrogen) atoms. The van der Waals surface area contributed by atoms with Gasteiger partial charge in [0, 0.05) is 13.0 Å². The molecule has 0 saturated carbocycles. The fourth-order valence-corrected chi connectivity index (χ4v) is 1.07. The minimum Gasteiger partial charge on any atom is -0.493 e. The second-order valence-corrected chi connectivity index (χ2v) is 2.92. The van der Waals surface area contributed by atoms with E-state index in [1.165, 1.54) is 18.2 Å². The zero-order valence-corrected chi connectivity index (χ0v) is 7.92. The third kappa shape index (κ3) is 3.43. The second-order valence-electron chi connectivity index (χ2n) is 2.92. The number of alkyl halides is 3. The van der Waals surface area contributed by atoms with E-state index in [0.717, 1.165) is 6.07 Å². The monoisotopic (exact) mass is 220 g/mol. The van der Waals surface area contributed by atoms with Crippen molar-refractivity contribution in [1.82, 2.24) is 0 Å². The second kappa shape index (κ2) is 5.02. The van der Waals surface area contributed by atoms with E-state index in [-0.39, 0.29) is 19.0 Å². The van der Waals surface area contributed by atoms with Crippen LogP contribution in [0.4, 0.5) is 13.2 Å². The maximum absolute atomic E-state index is 12.4. The van der Waals surface area contributed by atoms with E-state index in [2.05, 4.69) is 0 Å². The van der Waals surface area contributed by atoms with Crippen LogP contribution in [0, 0.1) is 0 Å². The number of hydrogen-bond acceptors (Lipinski definition) is 2. The van der Waals surface area contributed by atoms with Gasteiger partial charge in [0.1, 0.15) is 5.75 Å². The van der Waals surface area contributed by atoms with Gasteiger partial charge in [-0.05, 0) is 12.1 Å². The first-order valence-corrected chi connectivity index (χ1v) is 4.45. The molecule has 0 heterocycles. The summed E-state index contributed by atoms with van der Waals surface area (Å²) in [5.74, 6) is -0.196. The van der Waals surface area contributed by atoms with Gasteiger partial charge >= 0.3 is 6.18 Å². The number of hydrogen-bond donors (Lipinski definition) is 1. The molecule has 0 aliphatic rings. The normalized spacial score (nSPS) is 11.5. The van der Waals surface area contributed by atoms with Gasteiger partial charge in [0.25, 0.3) is 0 Å². The highest BCUT2D eigenvalue weighted by molar-refractivity contribution is 5.35. The first-order valence-electron chi connectivity index (χ1n) is 4.45. The molecule has 0 spiro atoms. The number of aliphatic hydroxyl groups excluding tert-OH is 1. The third-order valence-corrected chi connectivity index (χ3v) is 1.75. The van der Waals surface area contributed by atoms with Crippen LogP contribution in [0.15, 0.2) is 24.3 Å². The molecule has 1 N–H and O–H groups in total. The van der Waals surface area contributed by atoms with Crippen LogP contribution in [0.2, 0.25) is 0 Å². The van der Waals surface area contributed by atoms with Crippen molar-refractivity contribution in [1.29, 1.82) is 0 Å². The number of benzene rings is 1. The van der Waals surface area contributed by atoms with E-state index in [4.69, 9.17) is 9.84 Å². The van der Waals surface area contributed by atoms with Crippen LogP contribution >= 0.6 is 0 Å². The summed E-state index contributed by atoms with van der Waals surface area (Å²) in [5.41, 5.74) is -0.789. The summed E-state index contributed by atoms with van der Waals surface area (Å²) >= 11 is 0. The Kier molecular flexibility index (Phi) is 3.96. The van der Waals surface area contributed by atoms with Gasteiger partial charge in [0.05, 0.1) is 12.2 Å². The Morgan fingerprint density at radius 2 is 1.87 bits per heavy atom. The Hall–Kier alpha value is -1.23. The molecule has 0 bridgehead atoms. The average molecular weight is 220 g/mol. The van der Waals surface area contributed by atoms with E-state index < -0.39 is 11.7 Å². The lowest BCUT2D eigenvalue weighted by Gasteiger charge is -2.13. The first kappa shape index (κ1) is 11.8. The molecule has 84 valence electrons. The maximum Gasteiger partial charge on any atom is 0.419 e. The van der Waals surface area contributed by atoms with E-state index in [1.807, 2.05) is 0 Å². The highest BCUT2D eigenvalue weighted by atomic mass is 19.4. The van der Waals surface area contributed by atoms with Crippen LogP contribution in [-0.4, -0.2) is 18.3 Å². The van der Waals surface area contributed by atoms with Crippen LogP contribution in [0.5, 0.6) is 5.75 Å². The van der Waals surface area contributed by atoms with Crippen molar-refractivity contribution in [2.45, 2.75) is 12.6 Å². The quantitative estimate of drug-likeness (QED) is 0.790. The Morgan fingerprint density at radius 3 is 2.47 bits per heavy atom. The molecule has 0 unspecified atom stereocenters. The largest absolute Gasteiger partial charge is 0.493 e. The van der Waals surface area contributed by atoms with Gasteiger partial charge in [-0.1, -0.05) is 12.1 Å². The highest BCUT2D eigenvalue weighted by Gasteiger charge is 2.33. The van der Waals surface area contributed by atoms with Crippen molar-refractivity contribution >= 4 is 0 Å². The standard InChI is InChI=1S/C10H11F3O2/c11-10(12,13)8-4-1-2-5-9(8)15-7-3-6-14/h1-2,4-5,14H,3,6-7H2. The summed E-state index contributed by atoms with van der Waals surface area (Å²) in [7, 11) is 0. The summed E-state index contributed by atoms with van der Waals surface area (Å²) in [6, 6.07) is 5.01. The summed E-state index contributed by atoms with van der Waals surface area (Å²) in [6.07, 6.45) is -4.10. The molecule has 0 fully saturated rings. The molecule has 0 aliphatic carbocycles. The molecule has 1 rings (SSSR count). The molecule has 2 nitrogen and oxygen atoms in total. The van der Waals surface area contributed by atoms with Crippen molar-refractivity contribution < 1.29 is 23.0 Å². The minimum absolute atomic E-state index is 0.0730. The molecular formula is C10H11F3O2. The Morgan fingerprint density at radius 1 is 1.20 bits per heavy atom. The number of rotatable bonds is 4. The molecule has 0 atom stereocenters. The lowest BCUT2D eigenvalue weighted by molar-refractivity contribution is -0.138. The van der Waals surface area contributed by atoms with Crippen LogP contribution in [0.1, 0.15) is 12.0 Å². The van der Waals surface area contributed by atoms with E-state index >= 15 is 0 Å². The van der Waals surface area contributed by atoms with E-state index in [9.17, 15) is 13.2 Å². The Labute approximate surface area is 85.3 Å². The van der Waals surface area contributed by atoms with Gasteiger partial charge in [-0.15, -0.1) is 0 Å². The summed E-state index contributed by atoms with van der Waals surface area (Å²) in [5, 5.41) is 8.47. The maximum atomic E-state index is 12.4. The van der Waals surface area contributed by atoms with Gasteiger partial charge in [-0.25, -0.2) is 0 Å². The summed E-state index contributed by atoms with van der Waals surface area (Å²) in [4.78, 5) is 0. The molecule has 0 aliphatic heterocycles. The van der Waals surface area contributed by atoms with Gasteiger partial charge in [-0.3, -0.25) is 0 Å². The number of halogens is 3. The first-order chi connectivity index (χ1) is 7.05. The SMILES string of the molecule is OCCCOc1ccccc1C(F)(F)F. The molecule has 0 radical (unpaired) electrons. The zero-order valence-electron chi connectivity index (χ0n) is 7.92. The minimum atomic E-state index is -4.41. The fourth-order valence-electron chi connectivity index (χ4n) is 1.07. The van der Waals surface area contributed by atoms with Gasteiger partial charge < -0.3 is 9.84 Å². The van der Waals surface area contributed by atoms with Crippen molar-refractivity contribution in [2.24, 2.45) is 0 Å². The van der Waals surface area contributed by atoms with E-state index in [0.29, 0.717) is 6.42 Å². The Bertz CT molecular complexity index is 310. The zero-order chi connectivity index (χ0) is 11.3. The Balaban J connectivity index is 2.78. The molecule has 0 amide bonds. The molecular weight excluding hydrogens is 209 g/mol. The molecule has 1 aromatic carbocycles. The van der Waals surface area contributed by atoms with Crippen LogP contribution in [0.3, 0.4) is 0 Å². The van der Waals surface area contributed by atoms with Crippen molar-refractivity contribution in [3.63, 3.8) is 0 Å². The molecule has 0 aromatic heterocycles. The lowest BCUT2D eigenvalue weighted by atomic mass is 10.2. The third-order valence-electron chi connectivity index (χ3n) is 1.75. The van der Waals surface area contributed by atoms with Crippen molar-refractivity contribution in [2.75, 3.05) is 13.2 Å². The molecule has 5 heteroatoms. The average Bonchev–Trinajstić information content (AvgIpc) is 2.17. The van der Waals surface area contributed by atoms with Crippen LogP contribution in [0.25, 0.3) is 0 Å². The molecule has 0 saturated heterocycles. The van der Waals surface area contributed by atoms with Crippen LogP contribution in [-0.2, 0) is 6.18 Å². The predicted octanol–water partition coefficient (Wildman–Crippen LogP) is 2.47.